The highest BCUT2D eigenvalue weighted by atomic mass is 19.1. The Morgan fingerprint density at radius 3 is 2.13 bits per heavy atom. The zero-order chi connectivity index (χ0) is 21.8. The molecule has 0 saturated carbocycles. The molecular weight excluding hydrogens is 391 g/mol. The van der Waals surface area contributed by atoms with Gasteiger partial charge in [0, 0.05) is 6.54 Å². The van der Waals surface area contributed by atoms with E-state index in [1.807, 2.05) is 0 Å². The van der Waals surface area contributed by atoms with Crippen molar-refractivity contribution in [2.75, 3.05) is 6.54 Å². The van der Waals surface area contributed by atoms with E-state index in [-0.39, 0.29) is 23.5 Å². The SMILES string of the molecule is C[C@H](OC(=O)[C@@H](C)N1C(=O)c2ccccc2C1=O)C(=O)NCCc1ccc(F)cc1. The Morgan fingerprint density at radius 1 is 1.00 bits per heavy atom. The molecule has 3 rings (SSSR count). The number of esters is 1. The number of rotatable bonds is 7. The molecule has 30 heavy (non-hydrogen) atoms. The average Bonchev–Trinajstić information content (AvgIpc) is 2.99. The van der Waals surface area contributed by atoms with E-state index in [1.165, 1.54) is 38.1 Å². The molecule has 156 valence electrons. The van der Waals surface area contributed by atoms with E-state index >= 15 is 0 Å². The van der Waals surface area contributed by atoms with Crippen molar-refractivity contribution in [3.63, 3.8) is 0 Å². The number of ether oxygens (including phenoxy) is 1. The molecule has 0 spiro atoms. The van der Waals surface area contributed by atoms with Crippen molar-refractivity contribution < 1.29 is 28.3 Å². The van der Waals surface area contributed by atoms with E-state index in [9.17, 15) is 23.6 Å². The highest BCUT2D eigenvalue weighted by Gasteiger charge is 2.41. The number of fused-ring (bicyclic) bond motifs is 1. The van der Waals surface area contributed by atoms with Gasteiger partial charge in [0.2, 0.25) is 0 Å². The van der Waals surface area contributed by atoms with E-state index in [2.05, 4.69) is 5.32 Å². The lowest BCUT2D eigenvalue weighted by Gasteiger charge is -2.22. The minimum absolute atomic E-state index is 0.230. The Kier molecular flexibility index (Phi) is 6.25. The summed E-state index contributed by atoms with van der Waals surface area (Å²) in [6.45, 7) is 3.06. The quantitative estimate of drug-likeness (QED) is 0.555. The number of halogens is 1. The largest absolute Gasteiger partial charge is 0.451 e. The number of nitrogens with zero attached hydrogens (tertiary/aromatic N) is 1. The lowest BCUT2D eigenvalue weighted by Crippen LogP contribution is -2.46. The van der Waals surface area contributed by atoms with Crippen LogP contribution >= 0.6 is 0 Å². The molecule has 0 radical (unpaired) electrons. The predicted molar refractivity (Wildman–Crippen MR) is 105 cm³/mol. The van der Waals surface area contributed by atoms with Crippen molar-refractivity contribution in [2.24, 2.45) is 0 Å². The smallest absolute Gasteiger partial charge is 0.329 e. The molecule has 3 amide bonds. The molecular formula is C22H21FN2O5. The van der Waals surface area contributed by atoms with Gasteiger partial charge in [-0.3, -0.25) is 19.3 Å². The monoisotopic (exact) mass is 412 g/mol. The summed E-state index contributed by atoms with van der Waals surface area (Å²) in [5, 5.41) is 2.63. The lowest BCUT2D eigenvalue weighted by atomic mass is 10.1. The molecule has 1 aliphatic rings. The third-order valence-corrected chi connectivity index (χ3v) is 4.84. The van der Waals surface area contributed by atoms with Gasteiger partial charge in [-0.1, -0.05) is 24.3 Å². The lowest BCUT2D eigenvalue weighted by molar-refractivity contribution is -0.158. The fourth-order valence-electron chi connectivity index (χ4n) is 3.12. The summed E-state index contributed by atoms with van der Waals surface area (Å²) < 4.78 is 18.1. The molecule has 1 heterocycles. The average molecular weight is 412 g/mol. The Morgan fingerprint density at radius 2 is 1.57 bits per heavy atom. The van der Waals surface area contributed by atoms with Gasteiger partial charge in [0.15, 0.2) is 6.10 Å². The second-order valence-electron chi connectivity index (χ2n) is 6.95. The molecule has 8 heteroatoms. The van der Waals surface area contributed by atoms with Crippen LogP contribution in [0.2, 0.25) is 0 Å². The van der Waals surface area contributed by atoms with Crippen molar-refractivity contribution in [1.29, 1.82) is 0 Å². The molecule has 0 fully saturated rings. The third kappa shape index (κ3) is 4.37. The van der Waals surface area contributed by atoms with Crippen LogP contribution in [-0.2, 0) is 20.7 Å². The molecule has 1 aliphatic heterocycles. The van der Waals surface area contributed by atoms with Gasteiger partial charge in [-0.2, -0.15) is 0 Å². The standard InChI is InChI=1S/C22H21FN2O5/c1-13(25-20(27)17-5-3-4-6-18(17)21(25)28)22(29)30-14(2)19(26)24-12-11-15-7-9-16(23)10-8-15/h3-10,13-14H,11-12H2,1-2H3,(H,24,26)/t13-,14+/m1/s1. The third-order valence-electron chi connectivity index (χ3n) is 4.84. The Hall–Kier alpha value is -3.55. The first-order valence-electron chi connectivity index (χ1n) is 9.49. The van der Waals surface area contributed by atoms with Crippen LogP contribution in [0.1, 0.15) is 40.1 Å². The molecule has 7 nitrogen and oxygen atoms in total. The number of hydrogen-bond acceptors (Lipinski definition) is 5. The van der Waals surface area contributed by atoms with Crippen LogP contribution in [0.25, 0.3) is 0 Å². The van der Waals surface area contributed by atoms with Gasteiger partial charge in [-0.25, -0.2) is 9.18 Å². The van der Waals surface area contributed by atoms with E-state index in [4.69, 9.17) is 4.74 Å². The first-order valence-corrected chi connectivity index (χ1v) is 9.49. The van der Waals surface area contributed by atoms with Crippen LogP contribution < -0.4 is 5.32 Å². The molecule has 0 bridgehead atoms. The van der Waals surface area contributed by atoms with Gasteiger partial charge in [0.05, 0.1) is 11.1 Å². The van der Waals surface area contributed by atoms with Gasteiger partial charge >= 0.3 is 5.97 Å². The topological polar surface area (TPSA) is 92.8 Å². The Labute approximate surface area is 172 Å². The second-order valence-corrected chi connectivity index (χ2v) is 6.95. The van der Waals surface area contributed by atoms with Crippen molar-refractivity contribution in [1.82, 2.24) is 10.2 Å². The zero-order valence-corrected chi connectivity index (χ0v) is 16.6. The summed E-state index contributed by atoms with van der Waals surface area (Å²) in [5.41, 5.74) is 1.31. The number of nitrogens with one attached hydrogen (secondary N) is 1. The maximum Gasteiger partial charge on any atom is 0.329 e. The molecule has 2 atom stereocenters. The summed E-state index contributed by atoms with van der Waals surface area (Å²) in [7, 11) is 0. The molecule has 0 saturated heterocycles. The van der Waals surface area contributed by atoms with Gasteiger partial charge in [0.1, 0.15) is 11.9 Å². The van der Waals surface area contributed by atoms with Crippen LogP contribution in [0, 0.1) is 5.82 Å². The van der Waals surface area contributed by atoms with Crippen molar-refractivity contribution in [3.05, 3.63) is 71.0 Å². The first kappa shape index (κ1) is 21.2. The minimum Gasteiger partial charge on any atom is -0.451 e. The number of benzene rings is 2. The van der Waals surface area contributed by atoms with Gasteiger partial charge in [0.25, 0.3) is 17.7 Å². The van der Waals surface area contributed by atoms with E-state index in [1.54, 1.807) is 24.3 Å². The zero-order valence-electron chi connectivity index (χ0n) is 16.6. The number of imide groups is 1. The van der Waals surface area contributed by atoms with Gasteiger partial charge < -0.3 is 10.1 Å². The highest BCUT2D eigenvalue weighted by Crippen LogP contribution is 2.24. The molecule has 2 aromatic rings. The number of carbonyl (C=O) groups is 4. The van der Waals surface area contributed by atoms with Crippen LogP contribution in [-0.4, -0.2) is 47.3 Å². The van der Waals surface area contributed by atoms with E-state index in [0.29, 0.717) is 6.42 Å². The summed E-state index contributed by atoms with van der Waals surface area (Å²) >= 11 is 0. The van der Waals surface area contributed by atoms with Crippen molar-refractivity contribution in [3.8, 4) is 0 Å². The molecule has 0 unspecified atom stereocenters. The summed E-state index contributed by atoms with van der Waals surface area (Å²) in [4.78, 5) is 50.4. The number of hydrogen-bond donors (Lipinski definition) is 1. The van der Waals surface area contributed by atoms with Crippen LogP contribution in [0.5, 0.6) is 0 Å². The summed E-state index contributed by atoms with van der Waals surface area (Å²) in [6, 6.07) is 11.0. The molecule has 1 N–H and O–H groups in total. The van der Waals surface area contributed by atoms with Crippen molar-refractivity contribution in [2.45, 2.75) is 32.4 Å². The van der Waals surface area contributed by atoms with Crippen molar-refractivity contribution >= 4 is 23.7 Å². The fourth-order valence-corrected chi connectivity index (χ4v) is 3.12. The number of carbonyl (C=O) groups excluding carboxylic acids is 4. The Balaban J connectivity index is 1.52. The van der Waals surface area contributed by atoms with Crippen LogP contribution in [0.15, 0.2) is 48.5 Å². The number of amides is 3. The molecule has 0 aromatic heterocycles. The maximum atomic E-state index is 12.9. The van der Waals surface area contributed by atoms with Gasteiger partial charge in [-0.05, 0) is 50.1 Å². The Bertz CT molecular complexity index is 954. The fraction of sp³-hybridized carbons (Fsp3) is 0.273. The van der Waals surface area contributed by atoms with Crippen LogP contribution in [0.4, 0.5) is 4.39 Å². The second kappa shape index (κ2) is 8.86. The first-order chi connectivity index (χ1) is 14.3. The van der Waals surface area contributed by atoms with E-state index < -0.39 is 35.8 Å². The minimum atomic E-state index is -1.17. The molecule has 2 aromatic carbocycles. The predicted octanol–water partition coefficient (Wildman–Crippen LogP) is 2.10. The van der Waals surface area contributed by atoms with Gasteiger partial charge in [-0.15, -0.1) is 0 Å². The maximum absolute atomic E-state index is 12.9. The molecule has 0 aliphatic carbocycles. The highest BCUT2D eigenvalue weighted by molar-refractivity contribution is 6.22. The van der Waals surface area contributed by atoms with E-state index in [0.717, 1.165) is 10.5 Å². The normalized spacial score (nSPS) is 14.8. The summed E-state index contributed by atoms with van der Waals surface area (Å²) in [6.07, 6.45) is -0.624. The summed E-state index contributed by atoms with van der Waals surface area (Å²) in [5.74, 6) is -2.85. The van der Waals surface area contributed by atoms with Crippen LogP contribution in [0.3, 0.4) is 0 Å².